The molecular formula is C14H25N3O. The Morgan fingerprint density at radius 3 is 2.56 bits per heavy atom. The number of nitrogens with zero attached hydrogens (tertiary/aromatic N) is 2. The molecule has 1 aromatic heterocycles. The van der Waals surface area contributed by atoms with Crippen molar-refractivity contribution in [3.05, 3.63) is 23.7 Å². The van der Waals surface area contributed by atoms with E-state index in [1.165, 1.54) is 19.3 Å². The first-order valence-electron chi connectivity index (χ1n) is 6.69. The summed E-state index contributed by atoms with van der Waals surface area (Å²) < 4.78 is 5.52. The summed E-state index contributed by atoms with van der Waals surface area (Å²) >= 11 is 0. The van der Waals surface area contributed by atoms with E-state index in [9.17, 15) is 0 Å². The van der Waals surface area contributed by atoms with Crippen molar-refractivity contribution in [2.24, 2.45) is 5.73 Å². The number of furan rings is 1. The molecule has 1 heterocycles. The summed E-state index contributed by atoms with van der Waals surface area (Å²) in [6.45, 7) is 2.48. The topological polar surface area (TPSA) is 45.6 Å². The van der Waals surface area contributed by atoms with Crippen molar-refractivity contribution in [1.29, 1.82) is 0 Å². The van der Waals surface area contributed by atoms with Crippen LogP contribution in [0, 0.1) is 0 Å². The second kappa shape index (κ2) is 5.43. The maximum atomic E-state index is 5.70. The fraction of sp³-hybridized carbons (Fsp3) is 0.714. The third-order valence-electron chi connectivity index (χ3n) is 4.27. The van der Waals surface area contributed by atoms with Crippen molar-refractivity contribution in [2.75, 3.05) is 27.7 Å². The quantitative estimate of drug-likeness (QED) is 0.835. The lowest BCUT2D eigenvalue weighted by Crippen LogP contribution is -2.56. The summed E-state index contributed by atoms with van der Waals surface area (Å²) in [4.78, 5) is 4.72. The summed E-state index contributed by atoms with van der Waals surface area (Å²) in [7, 11) is 6.53. The first-order valence-corrected chi connectivity index (χ1v) is 6.69. The minimum absolute atomic E-state index is 0.365. The predicted octanol–water partition coefficient (Wildman–Crippen LogP) is 1.65. The maximum Gasteiger partial charge on any atom is 0.122 e. The van der Waals surface area contributed by atoms with E-state index in [4.69, 9.17) is 10.2 Å². The van der Waals surface area contributed by atoms with Gasteiger partial charge in [0.05, 0.1) is 12.8 Å². The minimum atomic E-state index is 0.365. The number of nitrogens with two attached hydrogens (primary N) is 1. The van der Waals surface area contributed by atoms with Crippen molar-refractivity contribution in [3.8, 4) is 0 Å². The molecular weight excluding hydrogens is 226 g/mol. The standard InChI is InChI=1S/C14H25N3O/c1-16(2)14(6-4-7-14)11-17(3)10-13-12(9-15)5-8-18-13/h5,8H,4,6-7,9-11,15H2,1-3H3. The number of likely N-dealkylation sites (N-methyl/N-ethyl adjacent to an activating group) is 2. The average Bonchev–Trinajstić information content (AvgIpc) is 2.70. The zero-order chi connectivity index (χ0) is 13.2. The van der Waals surface area contributed by atoms with Crippen molar-refractivity contribution < 1.29 is 4.42 Å². The smallest absolute Gasteiger partial charge is 0.122 e. The summed E-state index contributed by atoms with van der Waals surface area (Å²) in [5.41, 5.74) is 7.18. The molecule has 1 saturated carbocycles. The minimum Gasteiger partial charge on any atom is -0.468 e. The first-order chi connectivity index (χ1) is 8.57. The molecule has 2 rings (SSSR count). The van der Waals surface area contributed by atoms with Crippen LogP contribution in [0.1, 0.15) is 30.6 Å². The molecule has 102 valence electrons. The largest absolute Gasteiger partial charge is 0.468 e. The number of rotatable bonds is 6. The third kappa shape index (κ3) is 2.60. The molecule has 0 atom stereocenters. The summed E-state index contributed by atoms with van der Waals surface area (Å²) in [5, 5.41) is 0. The first kappa shape index (κ1) is 13.6. The molecule has 4 nitrogen and oxygen atoms in total. The van der Waals surface area contributed by atoms with Crippen LogP contribution in [0.4, 0.5) is 0 Å². The molecule has 1 aromatic rings. The van der Waals surface area contributed by atoms with Gasteiger partial charge in [-0.2, -0.15) is 0 Å². The van der Waals surface area contributed by atoms with E-state index in [1.54, 1.807) is 6.26 Å². The Kier molecular flexibility index (Phi) is 4.10. The number of hydrogen-bond acceptors (Lipinski definition) is 4. The van der Waals surface area contributed by atoms with Crippen molar-refractivity contribution in [1.82, 2.24) is 9.80 Å². The predicted molar refractivity (Wildman–Crippen MR) is 73.2 cm³/mol. The van der Waals surface area contributed by atoms with Crippen LogP contribution in [0.3, 0.4) is 0 Å². The summed E-state index contributed by atoms with van der Waals surface area (Å²) in [6.07, 6.45) is 5.68. The molecule has 1 aliphatic carbocycles. The monoisotopic (exact) mass is 251 g/mol. The molecule has 0 aliphatic heterocycles. The SMILES string of the molecule is CN(Cc1occc1CN)CC1(N(C)C)CCC1. The van der Waals surface area contributed by atoms with Crippen LogP contribution >= 0.6 is 0 Å². The van der Waals surface area contributed by atoms with Crippen LogP contribution in [0.2, 0.25) is 0 Å². The molecule has 0 spiro atoms. The zero-order valence-corrected chi connectivity index (χ0v) is 11.8. The van der Waals surface area contributed by atoms with Crippen molar-refractivity contribution in [2.45, 2.75) is 37.9 Å². The maximum absolute atomic E-state index is 5.70. The second-order valence-electron chi connectivity index (χ2n) is 5.72. The third-order valence-corrected chi connectivity index (χ3v) is 4.27. The van der Waals surface area contributed by atoms with Gasteiger partial charge in [0.15, 0.2) is 0 Å². The fourth-order valence-corrected chi connectivity index (χ4v) is 2.82. The highest BCUT2D eigenvalue weighted by Gasteiger charge is 2.39. The highest BCUT2D eigenvalue weighted by molar-refractivity contribution is 5.16. The van der Waals surface area contributed by atoms with Crippen molar-refractivity contribution >= 4 is 0 Å². The Morgan fingerprint density at radius 1 is 1.33 bits per heavy atom. The van der Waals surface area contributed by atoms with Crippen LogP contribution in [0.25, 0.3) is 0 Å². The van der Waals surface area contributed by atoms with Gasteiger partial charge in [0, 0.05) is 24.2 Å². The molecule has 0 unspecified atom stereocenters. The molecule has 2 N–H and O–H groups in total. The van der Waals surface area contributed by atoms with E-state index in [-0.39, 0.29) is 0 Å². The van der Waals surface area contributed by atoms with Crippen LogP contribution in [-0.2, 0) is 13.1 Å². The normalized spacial score (nSPS) is 18.3. The number of hydrogen-bond donors (Lipinski definition) is 1. The molecule has 0 bridgehead atoms. The molecule has 0 amide bonds. The van der Waals surface area contributed by atoms with Crippen LogP contribution in [-0.4, -0.2) is 43.0 Å². The molecule has 1 fully saturated rings. The molecule has 4 heteroatoms. The molecule has 18 heavy (non-hydrogen) atoms. The summed E-state index contributed by atoms with van der Waals surface area (Å²) in [5.74, 6) is 1.01. The van der Waals surface area contributed by atoms with E-state index in [0.29, 0.717) is 12.1 Å². The Labute approximate surface area is 110 Å². The van der Waals surface area contributed by atoms with E-state index in [0.717, 1.165) is 24.4 Å². The van der Waals surface area contributed by atoms with E-state index in [2.05, 4.69) is 30.9 Å². The Bertz CT molecular complexity index is 382. The lowest BCUT2D eigenvalue weighted by Gasteiger charge is -2.49. The van der Waals surface area contributed by atoms with Crippen LogP contribution in [0.5, 0.6) is 0 Å². The van der Waals surface area contributed by atoms with Gasteiger partial charge in [0.1, 0.15) is 5.76 Å². The van der Waals surface area contributed by atoms with Gasteiger partial charge in [0.2, 0.25) is 0 Å². The van der Waals surface area contributed by atoms with Gasteiger partial charge in [0.25, 0.3) is 0 Å². The van der Waals surface area contributed by atoms with Gasteiger partial charge in [-0.15, -0.1) is 0 Å². The van der Waals surface area contributed by atoms with E-state index < -0.39 is 0 Å². The lowest BCUT2D eigenvalue weighted by atomic mass is 9.75. The van der Waals surface area contributed by atoms with Gasteiger partial charge < -0.3 is 15.1 Å². The molecule has 1 aliphatic rings. The average molecular weight is 251 g/mol. The highest BCUT2D eigenvalue weighted by atomic mass is 16.3. The van der Waals surface area contributed by atoms with Crippen LogP contribution in [0.15, 0.2) is 16.7 Å². The van der Waals surface area contributed by atoms with Crippen LogP contribution < -0.4 is 5.73 Å². The zero-order valence-electron chi connectivity index (χ0n) is 11.8. The molecule has 0 aromatic carbocycles. The van der Waals surface area contributed by atoms with Gasteiger partial charge in [-0.25, -0.2) is 0 Å². The van der Waals surface area contributed by atoms with Gasteiger partial charge in [-0.1, -0.05) is 0 Å². The summed E-state index contributed by atoms with van der Waals surface area (Å²) in [6, 6.07) is 1.97. The second-order valence-corrected chi connectivity index (χ2v) is 5.72. The molecule has 0 radical (unpaired) electrons. The molecule has 0 saturated heterocycles. The van der Waals surface area contributed by atoms with E-state index in [1.807, 2.05) is 6.07 Å². The Balaban J connectivity index is 1.94. The lowest BCUT2D eigenvalue weighted by molar-refractivity contribution is 0.0243. The Morgan fingerprint density at radius 2 is 2.06 bits per heavy atom. The van der Waals surface area contributed by atoms with Gasteiger partial charge >= 0.3 is 0 Å². The van der Waals surface area contributed by atoms with E-state index >= 15 is 0 Å². The van der Waals surface area contributed by atoms with Crippen molar-refractivity contribution in [3.63, 3.8) is 0 Å². The highest BCUT2D eigenvalue weighted by Crippen LogP contribution is 2.36. The van der Waals surface area contributed by atoms with Gasteiger partial charge in [-0.05, 0) is 46.5 Å². The van der Waals surface area contributed by atoms with Gasteiger partial charge in [-0.3, -0.25) is 4.90 Å². The Hall–Kier alpha value is -0.840. The fourth-order valence-electron chi connectivity index (χ4n) is 2.82.